The first-order chi connectivity index (χ1) is 8.13. The number of halogens is 1. The molecule has 3 N–H and O–H groups in total. The summed E-state index contributed by atoms with van der Waals surface area (Å²) in [6.45, 7) is 2.88. The van der Waals surface area contributed by atoms with Crippen molar-refractivity contribution in [1.82, 2.24) is 5.32 Å². The van der Waals surface area contributed by atoms with E-state index < -0.39 is 0 Å². The zero-order chi connectivity index (χ0) is 12.7. The van der Waals surface area contributed by atoms with Crippen molar-refractivity contribution in [1.29, 1.82) is 0 Å². The Morgan fingerprint density at radius 3 is 2.82 bits per heavy atom. The lowest BCUT2D eigenvalue weighted by molar-refractivity contribution is -0.121. The van der Waals surface area contributed by atoms with Crippen molar-refractivity contribution < 1.29 is 9.18 Å². The van der Waals surface area contributed by atoms with Crippen molar-refractivity contribution in [3.05, 3.63) is 35.6 Å². The molecule has 0 fully saturated rings. The minimum atomic E-state index is -0.225. The van der Waals surface area contributed by atoms with Gasteiger partial charge in [0.2, 0.25) is 5.91 Å². The van der Waals surface area contributed by atoms with E-state index in [2.05, 4.69) is 5.32 Å². The molecule has 0 radical (unpaired) electrons. The molecule has 0 spiro atoms. The van der Waals surface area contributed by atoms with Crippen LogP contribution < -0.4 is 11.1 Å². The van der Waals surface area contributed by atoms with Crippen molar-refractivity contribution in [2.45, 2.75) is 19.8 Å². The fraction of sp³-hybridized carbons (Fsp3) is 0.462. The smallest absolute Gasteiger partial charge is 0.220 e. The number of nitrogens with one attached hydrogen (secondary N) is 1. The van der Waals surface area contributed by atoms with E-state index in [1.807, 2.05) is 6.92 Å². The Balaban J connectivity index is 2.29. The highest BCUT2D eigenvalue weighted by atomic mass is 19.1. The summed E-state index contributed by atoms with van der Waals surface area (Å²) in [6.07, 6.45) is 0.934. The monoisotopic (exact) mass is 238 g/mol. The largest absolute Gasteiger partial charge is 0.356 e. The Bertz CT molecular complexity index is 368. The average molecular weight is 238 g/mol. The normalized spacial score (nSPS) is 12.2. The molecule has 0 heterocycles. The summed E-state index contributed by atoms with van der Waals surface area (Å²) < 4.78 is 13.2. The van der Waals surface area contributed by atoms with Gasteiger partial charge >= 0.3 is 0 Å². The van der Waals surface area contributed by atoms with Crippen molar-refractivity contribution in [2.75, 3.05) is 13.1 Å². The molecule has 4 heteroatoms. The fourth-order valence-electron chi connectivity index (χ4n) is 1.51. The van der Waals surface area contributed by atoms with Crippen LogP contribution in [0.3, 0.4) is 0 Å². The molecule has 0 saturated heterocycles. The van der Waals surface area contributed by atoms with Gasteiger partial charge in [0.05, 0.1) is 0 Å². The van der Waals surface area contributed by atoms with Gasteiger partial charge in [0.25, 0.3) is 0 Å². The predicted octanol–water partition coefficient (Wildman–Crippen LogP) is 1.47. The second-order valence-electron chi connectivity index (χ2n) is 4.24. The molecule has 1 amide bonds. The third-order valence-electron chi connectivity index (χ3n) is 2.61. The molecule has 1 rings (SSSR count). The van der Waals surface area contributed by atoms with E-state index >= 15 is 0 Å². The quantitative estimate of drug-likeness (QED) is 0.788. The van der Waals surface area contributed by atoms with Crippen LogP contribution in [0.4, 0.5) is 4.39 Å². The van der Waals surface area contributed by atoms with Gasteiger partial charge in [-0.1, -0.05) is 25.1 Å². The van der Waals surface area contributed by atoms with E-state index in [-0.39, 0.29) is 17.6 Å². The van der Waals surface area contributed by atoms with Crippen LogP contribution in [-0.4, -0.2) is 19.0 Å². The number of amides is 1. The van der Waals surface area contributed by atoms with Gasteiger partial charge < -0.3 is 11.1 Å². The minimum Gasteiger partial charge on any atom is -0.356 e. The van der Waals surface area contributed by atoms with Crippen molar-refractivity contribution in [2.24, 2.45) is 11.7 Å². The zero-order valence-corrected chi connectivity index (χ0v) is 10.1. The molecule has 3 nitrogen and oxygen atoms in total. The number of nitrogens with two attached hydrogens (primary N) is 1. The van der Waals surface area contributed by atoms with Crippen molar-refractivity contribution in [3.63, 3.8) is 0 Å². The van der Waals surface area contributed by atoms with Crippen LogP contribution in [0.15, 0.2) is 24.3 Å². The predicted molar refractivity (Wildman–Crippen MR) is 65.9 cm³/mol. The standard InChI is InChI=1S/C13H19FN2O/c1-10(9-15)8-13(17)16-7-6-11-4-2-3-5-12(11)14/h2-5,10H,6-9,15H2,1H3,(H,16,17). The second kappa shape index (κ2) is 7.01. The first-order valence-electron chi connectivity index (χ1n) is 5.83. The summed E-state index contributed by atoms with van der Waals surface area (Å²) in [5.74, 6) is -0.0696. The van der Waals surface area contributed by atoms with Gasteiger partial charge in [-0.2, -0.15) is 0 Å². The van der Waals surface area contributed by atoms with Crippen molar-refractivity contribution >= 4 is 5.91 Å². The van der Waals surface area contributed by atoms with Crippen molar-refractivity contribution in [3.8, 4) is 0 Å². The zero-order valence-electron chi connectivity index (χ0n) is 10.1. The van der Waals surface area contributed by atoms with Gasteiger partial charge in [0, 0.05) is 13.0 Å². The maximum Gasteiger partial charge on any atom is 0.220 e. The summed E-state index contributed by atoms with van der Waals surface area (Å²) in [5, 5.41) is 2.76. The molecule has 0 saturated carbocycles. The van der Waals surface area contributed by atoms with Crippen LogP contribution in [0.5, 0.6) is 0 Å². The summed E-state index contributed by atoms with van der Waals surface area (Å²) >= 11 is 0. The van der Waals surface area contributed by atoms with Crippen LogP contribution in [0.2, 0.25) is 0 Å². The summed E-state index contributed by atoms with van der Waals surface area (Å²) in [7, 11) is 0. The lowest BCUT2D eigenvalue weighted by Gasteiger charge is -2.09. The minimum absolute atomic E-state index is 0.0284. The SMILES string of the molecule is CC(CN)CC(=O)NCCc1ccccc1F. The topological polar surface area (TPSA) is 55.1 Å². The molecular formula is C13H19FN2O. The fourth-order valence-corrected chi connectivity index (χ4v) is 1.51. The lowest BCUT2D eigenvalue weighted by Crippen LogP contribution is -2.28. The molecule has 1 unspecified atom stereocenters. The van der Waals surface area contributed by atoms with E-state index in [1.54, 1.807) is 18.2 Å². The molecular weight excluding hydrogens is 219 g/mol. The van der Waals surface area contributed by atoms with E-state index in [4.69, 9.17) is 5.73 Å². The maximum absolute atomic E-state index is 13.2. The molecule has 1 atom stereocenters. The van der Waals surface area contributed by atoms with E-state index in [0.717, 1.165) is 0 Å². The molecule has 0 bridgehead atoms. The lowest BCUT2D eigenvalue weighted by atomic mass is 10.1. The molecule has 0 aliphatic carbocycles. The molecule has 94 valence electrons. The number of carbonyl (C=O) groups excluding carboxylic acids is 1. The van der Waals surface area contributed by atoms with E-state index in [1.165, 1.54) is 6.07 Å². The number of rotatable bonds is 6. The van der Waals surface area contributed by atoms with Crippen LogP contribution in [0.1, 0.15) is 18.9 Å². The van der Waals surface area contributed by atoms with E-state index in [9.17, 15) is 9.18 Å². The van der Waals surface area contributed by atoms with Gasteiger partial charge in [-0.3, -0.25) is 4.79 Å². The molecule has 17 heavy (non-hydrogen) atoms. The van der Waals surface area contributed by atoms with Gasteiger partial charge in [-0.05, 0) is 30.5 Å². The van der Waals surface area contributed by atoms with Gasteiger partial charge in [-0.25, -0.2) is 4.39 Å². The molecule has 0 aromatic heterocycles. The number of hydrogen-bond acceptors (Lipinski definition) is 2. The Morgan fingerprint density at radius 1 is 1.47 bits per heavy atom. The van der Waals surface area contributed by atoms with Crippen LogP contribution in [0, 0.1) is 11.7 Å². The van der Waals surface area contributed by atoms with E-state index in [0.29, 0.717) is 31.5 Å². The van der Waals surface area contributed by atoms with Crippen LogP contribution >= 0.6 is 0 Å². The highest BCUT2D eigenvalue weighted by Crippen LogP contribution is 2.06. The number of hydrogen-bond donors (Lipinski definition) is 2. The van der Waals surface area contributed by atoms with Gasteiger partial charge in [0.1, 0.15) is 5.82 Å². The van der Waals surface area contributed by atoms with Gasteiger partial charge in [0.15, 0.2) is 0 Å². The Kier molecular flexibility index (Phi) is 5.63. The van der Waals surface area contributed by atoms with Crippen LogP contribution in [0.25, 0.3) is 0 Å². The van der Waals surface area contributed by atoms with Gasteiger partial charge in [-0.15, -0.1) is 0 Å². The Morgan fingerprint density at radius 2 is 2.18 bits per heavy atom. The first kappa shape index (κ1) is 13.6. The van der Waals surface area contributed by atoms with Crippen LogP contribution in [-0.2, 0) is 11.2 Å². The maximum atomic E-state index is 13.2. The highest BCUT2D eigenvalue weighted by molar-refractivity contribution is 5.76. The molecule has 0 aliphatic heterocycles. The third kappa shape index (κ3) is 4.95. The molecule has 1 aromatic carbocycles. The average Bonchev–Trinajstić information content (AvgIpc) is 2.31. The second-order valence-corrected chi connectivity index (χ2v) is 4.24. The molecule has 1 aromatic rings. The molecule has 0 aliphatic rings. The summed E-state index contributed by atoms with van der Waals surface area (Å²) in [6, 6.07) is 6.59. The highest BCUT2D eigenvalue weighted by Gasteiger charge is 2.07. The third-order valence-corrected chi connectivity index (χ3v) is 2.61. The number of carbonyl (C=O) groups is 1. The summed E-state index contributed by atoms with van der Waals surface area (Å²) in [4.78, 5) is 11.4. The Hall–Kier alpha value is -1.42. The number of benzene rings is 1. The summed E-state index contributed by atoms with van der Waals surface area (Å²) in [5.41, 5.74) is 6.06. The Labute approximate surface area is 101 Å². The first-order valence-corrected chi connectivity index (χ1v) is 5.83.